The highest BCUT2D eigenvalue weighted by molar-refractivity contribution is 7.67. The van der Waals surface area contributed by atoms with E-state index in [0.29, 0.717) is 0 Å². The highest BCUT2D eigenvalue weighted by Gasteiger charge is 2.32. The summed E-state index contributed by atoms with van der Waals surface area (Å²) in [5, 5.41) is 0.447. The van der Waals surface area contributed by atoms with Gasteiger partial charge in [-0.2, -0.15) is 0 Å². The molecule has 5 nitrogen and oxygen atoms in total. The third-order valence-electron chi connectivity index (χ3n) is 4.54. The predicted molar refractivity (Wildman–Crippen MR) is 112 cm³/mol. The van der Waals surface area contributed by atoms with Gasteiger partial charge in [0.25, 0.3) is 0 Å². The van der Waals surface area contributed by atoms with Crippen molar-refractivity contribution in [2.45, 2.75) is 52.9 Å². The van der Waals surface area contributed by atoms with Crippen LogP contribution in [0.4, 0.5) is 0 Å². The molecule has 0 saturated heterocycles. The molecule has 2 aromatic carbocycles. The van der Waals surface area contributed by atoms with Crippen molar-refractivity contribution in [3.8, 4) is 11.5 Å². The van der Waals surface area contributed by atoms with E-state index >= 15 is 0 Å². The zero-order valence-corrected chi connectivity index (χ0v) is 18.4. The smallest absolute Gasteiger partial charge is 0.235 e. The molecule has 0 aliphatic rings. The third kappa shape index (κ3) is 4.55. The maximum atomic E-state index is 12.9. The van der Waals surface area contributed by atoms with Gasteiger partial charge in [-0.15, -0.1) is 0 Å². The summed E-state index contributed by atoms with van der Waals surface area (Å²) in [5.41, 5.74) is 0.732. The lowest BCUT2D eigenvalue weighted by Crippen LogP contribution is -2.18. The van der Waals surface area contributed by atoms with Gasteiger partial charge in [0, 0.05) is 11.3 Å². The summed E-state index contributed by atoms with van der Waals surface area (Å²) in [5.74, 6) is 0.461. The van der Waals surface area contributed by atoms with E-state index in [-0.39, 0.29) is 22.1 Å². The maximum Gasteiger partial charge on any atom is 0.235 e. The number of aryl methyl sites for hydroxylation is 2. The summed E-state index contributed by atoms with van der Waals surface area (Å²) in [7, 11) is -7.32. The van der Waals surface area contributed by atoms with Gasteiger partial charge in [0.15, 0.2) is 0 Å². The molecular formula is C20H28O5P2. The van der Waals surface area contributed by atoms with Crippen LogP contribution in [0.3, 0.4) is 0 Å². The van der Waals surface area contributed by atoms with Crippen molar-refractivity contribution in [2.75, 3.05) is 0 Å². The van der Waals surface area contributed by atoms with Crippen molar-refractivity contribution in [3.63, 3.8) is 0 Å². The Labute approximate surface area is 161 Å². The molecule has 2 aromatic rings. The zero-order valence-electron chi connectivity index (χ0n) is 16.6. The lowest BCUT2D eigenvalue weighted by atomic mass is 10.2. The zero-order chi connectivity index (χ0) is 20.6. The molecule has 2 atom stereocenters. The highest BCUT2D eigenvalue weighted by atomic mass is 31.2. The van der Waals surface area contributed by atoms with Crippen molar-refractivity contribution >= 4 is 25.3 Å². The first-order chi connectivity index (χ1) is 12.4. The van der Waals surface area contributed by atoms with Crippen molar-refractivity contribution < 1.29 is 23.7 Å². The quantitative estimate of drug-likeness (QED) is 0.674. The molecule has 0 radical (unpaired) electrons. The first kappa shape index (κ1) is 21.9. The van der Waals surface area contributed by atoms with Gasteiger partial charge in [-0.1, -0.05) is 51.0 Å². The highest BCUT2D eigenvalue weighted by Crippen LogP contribution is 2.50. The minimum Gasteiger partial charge on any atom is -0.456 e. The van der Waals surface area contributed by atoms with Gasteiger partial charge in [0.2, 0.25) is 14.7 Å². The normalized spacial score (nSPS) is 16.2. The van der Waals surface area contributed by atoms with Crippen molar-refractivity contribution in [2.24, 2.45) is 0 Å². The molecule has 2 rings (SSSR count). The number of ether oxygens (including phenoxy) is 1. The molecule has 0 fully saturated rings. The Morgan fingerprint density at radius 3 is 1.37 bits per heavy atom. The van der Waals surface area contributed by atoms with Crippen LogP contribution in [0.25, 0.3) is 0 Å². The summed E-state index contributed by atoms with van der Waals surface area (Å²) >= 11 is 0. The van der Waals surface area contributed by atoms with E-state index in [2.05, 4.69) is 0 Å². The molecule has 0 heterocycles. The fourth-order valence-corrected chi connectivity index (χ4v) is 5.36. The van der Waals surface area contributed by atoms with Gasteiger partial charge >= 0.3 is 0 Å². The van der Waals surface area contributed by atoms with E-state index in [9.17, 15) is 18.9 Å². The molecule has 2 N–H and O–H groups in total. The molecule has 0 spiro atoms. The second kappa shape index (κ2) is 7.93. The number of hydrogen-bond acceptors (Lipinski definition) is 3. The average Bonchev–Trinajstić information content (AvgIpc) is 2.57. The lowest BCUT2D eigenvalue weighted by Gasteiger charge is -2.23. The minimum atomic E-state index is -3.66. The third-order valence-corrected chi connectivity index (χ3v) is 9.42. The Morgan fingerprint density at radius 1 is 0.741 bits per heavy atom. The number of rotatable bonds is 6. The molecule has 27 heavy (non-hydrogen) atoms. The molecule has 0 aliphatic heterocycles. The van der Waals surface area contributed by atoms with Gasteiger partial charge in [-0.05, 0) is 38.1 Å². The Kier molecular flexibility index (Phi) is 6.44. The van der Waals surface area contributed by atoms with E-state index < -0.39 is 26.1 Å². The molecule has 148 valence electrons. The standard InChI is InChI=1S/C20H28O5P2/c1-13(2)26(21,22)19-11-15(5)7-9-17(19)25-18-10-8-16(6)12-20(18)27(23,24)14(3)4/h7-14H,1-6H3,(H,21,22)(H,23,24). The van der Waals surface area contributed by atoms with Crippen LogP contribution in [0.5, 0.6) is 11.5 Å². The molecule has 0 saturated carbocycles. The van der Waals surface area contributed by atoms with E-state index in [4.69, 9.17) is 4.74 Å². The summed E-state index contributed by atoms with van der Waals surface area (Å²) in [6, 6.07) is 10.1. The summed E-state index contributed by atoms with van der Waals surface area (Å²) in [4.78, 5) is 21.2. The van der Waals surface area contributed by atoms with E-state index in [0.717, 1.165) is 11.1 Å². The summed E-state index contributed by atoms with van der Waals surface area (Å²) in [6.45, 7) is 10.4. The van der Waals surface area contributed by atoms with Gasteiger partial charge in [-0.25, -0.2) is 0 Å². The van der Waals surface area contributed by atoms with Crippen LogP contribution in [0.2, 0.25) is 0 Å². The van der Waals surface area contributed by atoms with Crippen LogP contribution in [0.1, 0.15) is 38.8 Å². The lowest BCUT2D eigenvalue weighted by molar-refractivity contribution is 0.464. The van der Waals surface area contributed by atoms with Crippen LogP contribution in [-0.2, 0) is 9.13 Å². The maximum absolute atomic E-state index is 12.9. The molecule has 2 unspecified atom stereocenters. The Balaban J connectivity index is 2.63. The largest absolute Gasteiger partial charge is 0.456 e. The number of benzene rings is 2. The number of hydrogen-bond donors (Lipinski definition) is 2. The summed E-state index contributed by atoms with van der Waals surface area (Å²) < 4.78 is 31.7. The van der Waals surface area contributed by atoms with Crippen LogP contribution < -0.4 is 15.3 Å². The summed E-state index contributed by atoms with van der Waals surface area (Å²) in [6.07, 6.45) is 0. The van der Waals surface area contributed by atoms with Crippen LogP contribution in [0, 0.1) is 13.8 Å². The molecule has 0 amide bonds. The van der Waals surface area contributed by atoms with Crippen molar-refractivity contribution in [3.05, 3.63) is 47.5 Å². The Bertz CT molecular complexity index is 858. The first-order valence-electron chi connectivity index (χ1n) is 8.92. The second-order valence-corrected chi connectivity index (χ2v) is 13.0. The molecule has 0 bridgehead atoms. The van der Waals surface area contributed by atoms with Gasteiger partial charge in [0.1, 0.15) is 11.5 Å². The molecular weight excluding hydrogens is 382 g/mol. The fourth-order valence-electron chi connectivity index (χ4n) is 2.60. The van der Waals surface area contributed by atoms with Crippen molar-refractivity contribution in [1.82, 2.24) is 0 Å². The van der Waals surface area contributed by atoms with Crippen LogP contribution in [0.15, 0.2) is 36.4 Å². The average molecular weight is 410 g/mol. The van der Waals surface area contributed by atoms with E-state index in [1.165, 1.54) is 0 Å². The minimum absolute atomic E-state index is 0.223. The van der Waals surface area contributed by atoms with Gasteiger partial charge in [0.05, 0.1) is 10.6 Å². The molecule has 0 aromatic heterocycles. The van der Waals surface area contributed by atoms with Crippen molar-refractivity contribution in [1.29, 1.82) is 0 Å². The molecule has 0 aliphatic carbocycles. The first-order valence-corrected chi connectivity index (χ1v) is 12.4. The van der Waals surface area contributed by atoms with Crippen LogP contribution >= 0.6 is 14.7 Å². The van der Waals surface area contributed by atoms with E-state index in [1.54, 1.807) is 64.1 Å². The van der Waals surface area contributed by atoms with Gasteiger partial charge in [-0.3, -0.25) is 9.13 Å². The monoisotopic (exact) mass is 410 g/mol. The topological polar surface area (TPSA) is 83.8 Å². The van der Waals surface area contributed by atoms with Gasteiger partial charge < -0.3 is 14.5 Å². The Hall–Kier alpha value is -1.38. The fraction of sp³-hybridized carbons (Fsp3) is 0.400. The van der Waals surface area contributed by atoms with Crippen LogP contribution in [-0.4, -0.2) is 21.1 Å². The Morgan fingerprint density at radius 2 is 1.07 bits per heavy atom. The SMILES string of the molecule is Cc1ccc(Oc2ccc(C)cc2P(=O)(O)C(C)C)c(P(=O)(O)C(C)C)c1. The van der Waals surface area contributed by atoms with E-state index in [1.807, 2.05) is 13.8 Å². The predicted octanol–water partition coefficient (Wildman–Crippen LogP) is 4.70. The molecule has 7 heteroatoms. The second-order valence-electron chi connectivity index (χ2n) is 7.48.